The Labute approximate surface area is 166 Å². The summed E-state index contributed by atoms with van der Waals surface area (Å²) in [5.41, 5.74) is 0.720. The zero-order valence-electron chi connectivity index (χ0n) is 15.6. The van der Waals surface area contributed by atoms with Crippen LogP contribution in [0, 0.1) is 17.8 Å². The first-order valence-corrected chi connectivity index (χ1v) is 8.74. The van der Waals surface area contributed by atoms with Crippen molar-refractivity contribution in [2.45, 2.75) is 19.0 Å². The van der Waals surface area contributed by atoms with Crippen LogP contribution in [0.15, 0.2) is 48.5 Å². The van der Waals surface area contributed by atoms with Crippen molar-refractivity contribution in [1.82, 2.24) is 0 Å². The molecule has 2 rings (SSSR count). The first kappa shape index (κ1) is 22.2. The third kappa shape index (κ3) is 6.19. The number of hydrogen-bond donors (Lipinski definition) is 1. The number of esters is 1. The van der Waals surface area contributed by atoms with Gasteiger partial charge in [-0.3, -0.25) is 9.59 Å². The van der Waals surface area contributed by atoms with E-state index in [1.54, 1.807) is 24.3 Å². The number of alkyl halides is 3. The van der Waals surface area contributed by atoms with E-state index in [-0.39, 0.29) is 18.6 Å². The fraction of sp³-hybridized carbons (Fsp3) is 0.273. The van der Waals surface area contributed by atoms with Crippen molar-refractivity contribution in [3.63, 3.8) is 0 Å². The first-order valence-electron chi connectivity index (χ1n) is 8.74. The molecule has 29 heavy (non-hydrogen) atoms. The molecule has 0 saturated carbocycles. The predicted octanol–water partition coefficient (Wildman–Crippen LogP) is 3.65. The normalized spacial score (nSPS) is 11.9. The van der Waals surface area contributed by atoms with Crippen LogP contribution in [0.25, 0.3) is 0 Å². The van der Waals surface area contributed by atoms with Crippen molar-refractivity contribution in [1.29, 1.82) is 0 Å². The van der Waals surface area contributed by atoms with Crippen LogP contribution in [0.5, 0.6) is 0 Å². The van der Waals surface area contributed by atoms with Crippen LogP contribution < -0.4 is 0 Å². The third-order valence-electron chi connectivity index (χ3n) is 4.29. The van der Waals surface area contributed by atoms with Gasteiger partial charge in [-0.05, 0) is 42.7 Å². The Morgan fingerprint density at radius 3 is 2.21 bits per heavy atom. The van der Waals surface area contributed by atoms with Crippen LogP contribution in [0.1, 0.15) is 33.5 Å². The number of Topliss-reactive ketones (excluding diaryl/α,β-unsaturated/α-hetero) is 1. The van der Waals surface area contributed by atoms with Crippen molar-refractivity contribution in [2.24, 2.45) is 5.92 Å². The number of aryl methyl sites for hydroxylation is 1. The molecule has 0 heterocycles. The topological polar surface area (TPSA) is 63.6 Å². The third-order valence-corrected chi connectivity index (χ3v) is 4.29. The van der Waals surface area contributed by atoms with Gasteiger partial charge in [-0.1, -0.05) is 36.1 Å². The number of methoxy groups -OCH3 is 1. The van der Waals surface area contributed by atoms with Gasteiger partial charge in [0.05, 0.1) is 12.7 Å². The molecule has 0 radical (unpaired) electrons. The molecule has 7 heteroatoms. The van der Waals surface area contributed by atoms with Crippen molar-refractivity contribution in [3.8, 4) is 11.8 Å². The van der Waals surface area contributed by atoms with Gasteiger partial charge in [-0.15, -0.1) is 0 Å². The molecule has 1 unspecified atom stereocenters. The van der Waals surface area contributed by atoms with Gasteiger partial charge < -0.3 is 9.84 Å². The fourth-order valence-electron chi connectivity index (χ4n) is 2.73. The van der Waals surface area contributed by atoms with E-state index in [1.165, 1.54) is 0 Å². The van der Waals surface area contributed by atoms with E-state index >= 15 is 0 Å². The molecule has 0 fully saturated rings. The van der Waals surface area contributed by atoms with Crippen molar-refractivity contribution in [3.05, 3.63) is 70.8 Å². The lowest BCUT2D eigenvalue weighted by Crippen LogP contribution is -2.26. The second-order valence-electron chi connectivity index (χ2n) is 6.21. The van der Waals surface area contributed by atoms with Gasteiger partial charge in [0.2, 0.25) is 0 Å². The SMILES string of the molecule is COC(=O)C(CCc1ccc(C#CCO)cc1)C(=O)c1ccc(C(F)(F)F)cc1. The van der Waals surface area contributed by atoms with E-state index < -0.39 is 29.4 Å². The second kappa shape index (κ2) is 9.89. The summed E-state index contributed by atoms with van der Waals surface area (Å²) < 4.78 is 42.8. The highest BCUT2D eigenvalue weighted by molar-refractivity contribution is 6.08. The summed E-state index contributed by atoms with van der Waals surface area (Å²) in [5, 5.41) is 8.70. The number of rotatable bonds is 6. The Hall–Kier alpha value is -3.11. The molecule has 0 spiro atoms. The molecular formula is C22H19F3O4. The molecule has 0 amide bonds. The number of halogens is 3. The average Bonchev–Trinajstić information content (AvgIpc) is 2.72. The molecule has 1 atom stereocenters. The number of aliphatic hydroxyl groups is 1. The number of ketones is 1. The van der Waals surface area contributed by atoms with Gasteiger partial charge in [0.25, 0.3) is 0 Å². The molecule has 0 aliphatic carbocycles. The molecule has 152 valence electrons. The lowest BCUT2D eigenvalue weighted by Gasteiger charge is -2.14. The zero-order valence-corrected chi connectivity index (χ0v) is 15.6. The van der Waals surface area contributed by atoms with Gasteiger partial charge in [-0.2, -0.15) is 13.2 Å². The number of carbonyl (C=O) groups is 2. The van der Waals surface area contributed by atoms with E-state index in [1.807, 2.05) is 0 Å². The molecule has 2 aromatic rings. The van der Waals surface area contributed by atoms with Gasteiger partial charge in [0.15, 0.2) is 5.78 Å². The molecular weight excluding hydrogens is 385 g/mol. The summed E-state index contributed by atoms with van der Waals surface area (Å²) in [6.45, 7) is -0.241. The number of benzene rings is 2. The highest BCUT2D eigenvalue weighted by Crippen LogP contribution is 2.29. The molecule has 0 saturated heterocycles. The molecule has 1 N–H and O–H groups in total. The second-order valence-corrected chi connectivity index (χ2v) is 6.21. The Morgan fingerprint density at radius 1 is 1.07 bits per heavy atom. The smallest absolute Gasteiger partial charge is 0.416 e. The molecule has 2 aromatic carbocycles. The number of aliphatic hydroxyl groups excluding tert-OH is 1. The monoisotopic (exact) mass is 404 g/mol. The van der Waals surface area contributed by atoms with Crippen LogP contribution in [0.2, 0.25) is 0 Å². The summed E-state index contributed by atoms with van der Waals surface area (Å²) in [4.78, 5) is 24.8. The first-order chi connectivity index (χ1) is 13.8. The molecule has 0 aromatic heterocycles. The minimum absolute atomic E-state index is 0.0167. The van der Waals surface area contributed by atoms with Crippen molar-refractivity contribution >= 4 is 11.8 Å². The molecule has 4 nitrogen and oxygen atoms in total. The fourth-order valence-corrected chi connectivity index (χ4v) is 2.73. The van der Waals surface area contributed by atoms with Crippen LogP contribution in [0.3, 0.4) is 0 Å². The Bertz CT molecular complexity index is 904. The molecule has 0 bridgehead atoms. The maximum absolute atomic E-state index is 12.7. The van der Waals surface area contributed by atoms with Crippen LogP contribution in [-0.4, -0.2) is 30.6 Å². The van der Waals surface area contributed by atoms with E-state index in [0.717, 1.165) is 36.9 Å². The maximum atomic E-state index is 12.7. The minimum atomic E-state index is -4.50. The summed E-state index contributed by atoms with van der Waals surface area (Å²) in [7, 11) is 1.16. The van der Waals surface area contributed by atoms with Crippen molar-refractivity contribution in [2.75, 3.05) is 13.7 Å². The zero-order chi connectivity index (χ0) is 21.4. The lowest BCUT2D eigenvalue weighted by molar-refractivity contribution is -0.144. The minimum Gasteiger partial charge on any atom is -0.468 e. The number of hydrogen-bond acceptors (Lipinski definition) is 4. The molecule has 0 aliphatic rings. The quantitative estimate of drug-likeness (QED) is 0.346. The average molecular weight is 404 g/mol. The standard InChI is InChI=1S/C22H19F3O4/c1-29-21(28)19(13-8-16-6-4-15(5-7-16)3-2-14-26)20(27)17-9-11-18(12-10-17)22(23,24)25/h4-7,9-12,19,26H,8,13-14H2,1H3. The lowest BCUT2D eigenvalue weighted by atomic mass is 9.91. The summed E-state index contributed by atoms with van der Waals surface area (Å²) in [6, 6.07) is 10.8. The van der Waals surface area contributed by atoms with Crippen LogP contribution in [0.4, 0.5) is 13.2 Å². The van der Waals surface area contributed by atoms with Gasteiger partial charge in [0.1, 0.15) is 12.5 Å². The van der Waals surface area contributed by atoms with Crippen LogP contribution >= 0.6 is 0 Å². The predicted molar refractivity (Wildman–Crippen MR) is 100 cm³/mol. The summed E-state index contributed by atoms with van der Waals surface area (Å²) in [6.07, 6.45) is -3.97. The summed E-state index contributed by atoms with van der Waals surface area (Å²) >= 11 is 0. The van der Waals surface area contributed by atoms with Crippen molar-refractivity contribution < 1.29 is 32.6 Å². The van der Waals surface area contributed by atoms with Crippen LogP contribution in [-0.2, 0) is 22.1 Å². The highest BCUT2D eigenvalue weighted by atomic mass is 19.4. The molecule has 0 aliphatic heterocycles. The van der Waals surface area contributed by atoms with Gasteiger partial charge in [0, 0.05) is 11.1 Å². The largest absolute Gasteiger partial charge is 0.468 e. The van der Waals surface area contributed by atoms with Gasteiger partial charge in [-0.25, -0.2) is 0 Å². The Kier molecular flexibility index (Phi) is 7.57. The van der Waals surface area contributed by atoms with E-state index in [4.69, 9.17) is 9.84 Å². The summed E-state index contributed by atoms with van der Waals surface area (Å²) in [5.74, 6) is 2.85. The maximum Gasteiger partial charge on any atom is 0.416 e. The van der Waals surface area contributed by atoms with E-state index in [2.05, 4.69) is 11.8 Å². The Balaban J connectivity index is 2.12. The van der Waals surface area contributed by atoms with E-state index in [0.29, 0.717) is 12.0 Å². The number of carbonyl (C=O) groups excluding carboxylic acids is 2. The van der Waals surface area contributed by atoms with E-state index in [9.17, 15) is 22.8 Å². The highest BCUT2D eigenvalue weighted by Gasteiger charge is 2.32. The number of ether oxygens (including phenoxy) is 1. The van der Waals surface area contributed by atoms with Gasteiger partial charge >= 0.3 is 12.1 Å². The Morgan fingerprint density at radius 2 is 1.69 bits per heavy atom.